The number of carbonyl (C=O) groups excluding carboxylic acids is 1. The summed E-state index contributed by atoms with van der Waals surface area (Å²) in [6.45, 7) is 0.362. The van der Waals surface area contributed by atoms with Crippen LogP contribution in [0.3, 0.4) is 0 Å². The maximum absolute atomic E-state index is 14.2. The molecule has 14 heteroatoms. The largest absolute Gasteiger partial charge is 0.367 e. The number of carbonyl (C=O) groups is 1. The molecule has 5 nitrogen and oxygen atoms in total. The van der Waals surface area contributed by atoms with Gasteiger partial charge in [0.25, 0.3) is 5.91 Å². The quantitative estimate of drug-likeness (QED) is 0.148. The molecule has 38 heavy (non-hydrogen) atoms. The first-order valence-electron chi connectivity index (χ1n) is 10.9. The van der Waals surface area contributed by atoms with E-state index < -0.39 is 40.7 Å². The molecule has 0 spiro atoms. The Kier molecular flexibility index (Phi) is 8.51. The van der Waals surface area contributed by atoms with Crippen LogP contribution in [-0.2, 0) is 0 Å². The van der Waals surface area contributed by atoms with Gasteiger partial charge >= 0.3 is 0 Å². The lowest BCUT2D eigenvalue weighted by Gasteiger charge is -2.38. The van der Waals surface area contributed by atoms with Gasteiger partial charge in [-0.15, -0.1) is 0 Å². The smallest absolute Gasteiger partial charge is 0.258 e. The predicted molar refractivity (Wildman–Crippen MR) is 142 cm³/mol. The van der Waals surface area contributed by atoms with Gasteiger partial charge in [0, 0.05) is 36.9 Å². The summed E-state index contributed by atoms with van der Waals surface area (Å²) in [5.41, 5.74) is 0.268. The van der Waals surface area contributed by atoms with E-state index in [9.17, 15) is 26.7 Å². The maximum Gasteiger partial charge on any atom is 0.258 e. The van der Waals surface area contributed by atoms with E-state index in [0.717, 1.165) is 4.90 Å². The van der Waals surface area contributed by atoms with Gasteiger partial charge in [-0.3, -0.25) is 10.1 Å². The number of benzene rings is 3. The van der Waals surface area contributed by atoms with Crippen molar-refractivity contribution in [1.29, 1.82) is 0 Å². The second-order valence-corrected chi connectivity index (χ2v) is 9.75. The first-order chi connectivity index (χ1) is 18.0. The second-order valence-electron chi connectivity index (χ2n) is 8.09. The van der Waals surface area contributed by atoms with Gasteiger partial charge < -0.3 is 15.1 Å². The number of hydrogen-bond donors (Lipinski definition) is 2. The van der Waals surface area contributed by atoms with E-state index in [0.29, 0.717) is 21.4 Å². The third kappa shape index (κ3) is 5.75. The van der Waals surface area contributed by atoms with E-state index in [1.807, 2.05) is 0 Å². The highest BCUT2D eigenvalue weighted by molar-refractivity contribution is 7.80. The minimum absolute atomic E-state index is 0.0127. The molecule has 1 saturated heterocycles. The number of anilines is 3. The van der Waals surface area contributed by atoms with Crippen molar-refractivity contribution in [3.8, 4) is 0 Å². The molecule has 1 fully saturated rings. The molecular formula is C24H16Cl3F5N4OS. The van der Waals surface area contributed by atoms with Crippen LogP contribution in [0.25, 0.3) is 0 Å². The Morgan fingerprint density at radius 2 is 1.34 bits per heavy atom. The maximum atomic E-state index is 14.2. The van der Waals surface area contributed by atoms with Crippen molar-refractivity contribution in [2.24, 2.45) is 0 Å². The molecule has 1 aliphatic heterocycles. The molecule has 1 aliphatic rings. The van der Waals surface area contributed by atoms with E-state index in [1.54, 1.807) is 23.1 Å². The van der Waals surface area contributed by atoms with Crippen LogP contribution in [0.15, 0.2) is 36.4 Å². The monoisotopic (exact) mass is 608 g/mol. The van der Waals surface area contributed by atoms with Gasteiger partial charge in [-0.25, -0.2) is 22.0 Å². The summed E-state index contributed by atoms with van der Waals surface area (Å²) < 4.78 is 68.9. The summed E-state index contributed by atoms with van der Waals surface area (Å²) in [6.07, 6.45) is 0. The molecule has 1 heterocycles. The van der Waals surface area contributed by atoms with Crippen LogP contribution >= 0.6 is 47.0 Å². The Morgan fingerprint density at radius 3 is 1.92 bits per heavy atom. The second kappa shape index (κ2) is 11.5. The van der Waals surface area contributed by atoms with Crippen molar-refractivity contribution >= 4 is 75.1 Å². The van der Waals surface area contributed by atoms with Crippen LogP contribution in [0.1, 0.15) is 10.4 Å². The first-order valence-corrected chi connectivity index (χ1v) is 12.4. The Balaban J connectivity index is 1.39. The SMILES string of the molecule is O=C(NC(=S)Nc1ccc(N2CCN(c3c(F)c(F)c(F)c(F)c3F)CC2)c(Cl)c1)c1ccc(Cl)cc1Cl. The third-order valence-corrected chi connectivity index (χ3v) is 6.79. The molecule has 0 saturated carbocycles. The zero-order chi connectivity index (χ0) is 27.7. The molecule has 0 aromatic heterocycles. The van der Waals surface area contributed by atoms with E-state index in [1.165, 1.54) is 18.2 Å². The Labute approximate surface area is 234 Å². The van der Waals surface area contributed by atoms with Gasteiger partial charge in [0.2, 0.25) is 5.82 Å². The number of nitrogens with one attached hydrogen (secondary N) is 2. The highest BCUT2D eigenvalue weighted by atomic mass is 35.5. The van der Waals surface area contributed by atoms with Crippen LogP contribution in [0.4, 0.5) is 39.0 Å². The van der Waals surface area contributed by atoms with E-state index in [2.05, 4.69) is 10.6 Å². The number of nitrogens with zero attached hydrogens (tertiary/aromatic N) is 2. The molecule has 1 amide bonds. The minimum Gasteiger partial charge on any atom is -0.367 e. The highest BCUT2D eigenvalue weighted by Gasteiger charge is 2.31. The molecule has 200 valence electrons. The minimum atomic E-state index is -2.20. The van der Waals surface area contributed by atoms with Gasteiger partial charge in [0.15, 0.2) is 28.4 Å². The summed E-state index contributed by atoms with van der Waals surface area (Å²) in [7, 11) is 0. The van der Waals surface area contributed by atoms with Crippen molar-refractivity contribution in [3.05, 3.63) is 86.1 Å². The molecular weight excluding hydrogens is 594 g/mol. The number of rotatable bonds is 4. The van der Waals surface area contributed by atoms with Gasteiger partial charge in [-0.1, -0.05) is 34.8 Å². The number of piperazine rings is 1. The summed E-state index contributed by atoms with van der Waals surface area (Å²) in [5.74, 6) is -10.5. The van der Waals surface area contributed by atoms with Crippen LogP contribution in [0.5, 0.6) is 0 Å². The summed E-state index contributed by atoms with van der Waals surface area (Å²) in [6, 6.07) is 9.27. The van der Waals surface area contributed by atoms with Crippen molar-refractivity contribution < 1.29 is 26.7 Å². The fourth-order valence-electron chi connectivity index (χ4n) is 3.89. The average molecular weight is 610 g/mol. The lowest BCUT2D eigenvalue weighted by Crippen LogP contribution is -2.47. The normalized spacial score (nSPS) is 13.5. The molecule has 3 aromatic carbocycles. The van der Waals surface area contributed by atoms with Crippen molar-refractivity contribution in [3.63, 3.8) is 0 Å². The summed E-state index contributed by atoms with van der Waals surface area (Å²) in [4.78, 5) is 15.3. The number of thiocarbonyl (C=S) groups is 1. The molecule has 3 aromatic rings. The molecule has 4 rings (SSSR count). The Bertz CT molecular complexity index is 1410. The highest BCUT2D eigenvalue weighted by Crippen LogP contribution is 2.33. The third-order valence-electron chi connectivity index (χ3n) is 5.73. The summed E-state index contributed by atoms with van der Waals surface area (Å²) >= 11 is 23.5. The molecule has 2 N–H and O–H groups in total. The number of halogens is 8. The standard InChI is InChI=1S/C24H16Cl3F5N4OS/c25-11-1-3-13(14(26)9-11)23(37)34-24(38)33-12-2-4-16(15(27)10-12)35-5-7-36(8-6-35)22-20(31)18(29)17(28)19(30)21(22)32/h1-4,9-10H,5-8H2,(H2,33,34,37,38). The van der Waals surface area contributed by atoms with Crippen molar-refractivity contribution in [2.45, 2.75) is 0 Å². The van der Waals surface area contributed by atoms with Gasteiger partial charge in [0.1, 0.15) is 5.69 Å². The predicted octanol–water partition coefficient (Wildman–Crippen LogP) is 6.80. The van der Waals surface area contributed by atoms with Crippen LogP contribution in [0, 0.1) is 29.1 Å². The Morgan fingerprint density at radius 1 is 0.763 bits per heavy atom. The lowest BCUT2D eigenvalue weighted by atomic mass is 10.2. The molecule has 0 radical (unpaired) electrons. The van der Waals surface area contributed by atoms with E-state index >= 15 is 0 Å². The first kappa shape index (κ1) is 28.2. The fourth-order valence-corrected chi connectivity index (χ4v) is 4.89. The van der Waals surface area contributed by atoms with Crippen LogP contribution in [-0.4, -0.2) is 37.2 Å². The van der Waals surface area contributed by atoms with Gasteiger partial charge in [0.05, 0.1) is 21.3 Å². The molecule has 0 bridgehead atoms. The van der Waals surface area contributed by atoms with Crippen molar-refractivity contribution in [2.75, 3.05) is 41.3 Å². The van der Waals surface area contributed by atoms with E-state index in [-0.39, 0.29) is 41.9 Å². The van der Waals surface area contributed by atoms with Gasteiger partial charge in [-0.2, -0.15) is 0 Å². The summed E-state index contributed by atoms with van der Waals surface area (Å²) in [5, 5.41) is 6.16. The molecule has 0 unspecified atom stereocenters. The number of amides is 1. The lowest BCUT2D eigenvalue weighted by molar-refractivity contribution is 0.0978. The van der Waals surface area contributed by atoms with Crippen molar-refractivity contribution in [1.82, 2.24) is 5.32 Å². The fraction of sp³-hybridized carbons (Fsp3) is 0.167. The molecule has 0 atom stereocenters. The topological polar surface area (TPSA) is 47.6 Å². The molecule has 0 aliphatic carbocycles. The zero-order valence-corrected chi connectivity index (χ0v) is 22.1. The van der Waals surface area contributed by atoms with Gasteiger partial charge in [-0.05, 0) is 48.6 Å². The van der Waals surface area contributed by atoms with Crippen LogP contribution in [0.2, 0.25) is 15.1 Å². The van der Waals surface area contributed by atoms with E-state index in [4.69, 9.17) is 47.0 Å². The van der Waals surface area contributed by atoms with Crippen LogP contribution < -0.4 is 20.4 Å². The zero-order valence-electron chi connectivity index (χ0n) is 19.0. The average Bonchev–Trinajstić information content (AvgIpc) is 2.87. The number of hydrogen-bond acceptors (Lipinski definition) is 4. The Hall–Kier alpha value is -2.86.